The van der Waals surface area contributed by atoms with E-state index in [1.807, 2.05) is 6.07 Å². The molecule has 0 spiro atoms. The van der Waals surface area contributed by atoms with Crippen molar-refractivity contribution in [3.8, 4) is 11.5 Å². The maximum absolute atomic E-state index is 11.8. The van der Waals surface area contributed by atoms with Crippen LogP contribution in [-0.2, 0) is 11.3 Å². The normalized spacial score (nSPS) is 19.3. The molecule has 1 atom stereocenters. The Morgan fingerprint density at radius 3 is 3.05 bits per heavy atom. The van der Waals surface area contributed by atoms with E-state index in [1.54, 1.807) is 6.07 Å². The predicted octanol–water partition coefficient (Wildman–Crippen LogP) is 1.92. The molecule has 1 aliphatic heterocycles. The van der Waals surface area contributed by atoms with Crippen LogP contribution in [-0.4, -0.2) is 30.7 Å². The second-order valence-electron chi connectivity index (χ2n) is 4.85. The average Bonchev–Trinajstić information content (AvgIpc) is 2.64. The molecule has 2 rings (SSSR count). The van der Waals surface area contributed by atoms with E-state index in [-0.39, 0.29) is 17.7 Å². The maximum Gasteiger partial charge on any atom is 0.237 e. The van der Waals surface area contributed by atoms with Crippen molar-refractivity contribution in [1.29, 1.82) is 0 Å². The molecule has 5 nitrogen and oxygen atoms in total. The Kier molecular flexibility index (Phi) is 5.25. The van der Waals surface area contributed by atoms with Gasteiger partial charge in [-0.1, -0.05) is 0 Å². The smallest absolute Gasteiger partial charge is 0.237 e. The number of phenols is 1. The van der Waals surface area contributed by atoms with Crippen LogP contribution in [0.3, 0.4) is 0 Å². The van der Waals surface area contributed by atoms with Gasteiger partial charge >= 0.3 is 0 Å². The van der Waals surface area contributed by atoms with Crippen LogP contribution in [0.15, 0.2) is 16.6 Å². The molecule has 6 heteroatoms. The third-order valence-electron chi connectivity index (χ3n) is 3.40. The summed E-state index contributed by atoms with van der Waals surface area (Å²) in [5.74, 6) is 0.567. The van der Waals surface area contributed by atoms with Crippen LogP contribution in [0.5, 0.6) is 11.5 Å². The zero-order valence-electron chi connectivity index (χ0n) is 11.4. The van der Waals surface area contributed by atoms with E-state index in [4.69, 9.17) is 4.74 Å². The summed E-state index contributed by atoms with van der Waals surface area (Å²) >= 11 is 3.29. The lowest BCUT2D eigenvalue weighted by molar-refractivity contribution is -0.122. The predicted molar refractivity (Wildman–Crippen MR) is 79.8 cm³/mol. The first-order valence-electron chi connectivity index (χ1n) is 6.68. The molecule has 1 aliphatic rings. The van der Waals surface area contributed by atoms with Crippen molar-refractivity contribution in [3.05, 3.63) is 22.2 Å². The Bertz CT molecular complexity index is 494. The molecule has 0 bridgehead atoms. The SMILES string of the molecule is COc1cc(CNC2CCCCNC2=O)cc(Br)c1O. The zero-order chi connectivity index (χ0) is 14.5. The van der Waals surface area contributed by atoms with Crippen molar-refractivity contribution in [1.82, 2.24) is 10.6 Å². The first-order chi connectivity index (χ1) is 9.61. The number of aromatic hydroxyl groups is 1. The highest BCUT2D eigenvalue weighted by molar-refractivity contribution is 9.10. The van der Waals surface area contributed by atoms with Gasteiger partial charge in [0.25, 0.3) is 0 Å². The van der Waals surface area contributed by atoms with Crippen LogP contribution in [0.25, 0.3) is 0 Å². The van der Waals surface area contributed by atoms with Gasteiger partial charge in [0.1, 0.15) is 0 Å². The third kappa shape index (κ3) is 3.64. The van der Waals surface area contributed by atoms with Crippen LogP contribution in [0.2, 0.25) is 0 Å². The first-order valence-corrected chi connectivity index (χ1v) is 7.47. The standard InChI is InChI=1S/C14H19BrN2O3/c1-20-12-7-9(6-10(15)13(12)18)8-17-11-4-2-3-5-16-14(11)19/h6-7,11,17-18H,2-5,8H2,1H3,(H,16,19). The Balaban J connectivity index is 2.03. The van der Waals surface area contributed by atoms with Gasteiger partial charge < -0.3 is 20.5 Å². The lowest BCUT2D eigenvalue weighted by Crippen LogP contribution is -2.42. The highest BCUT2D eigenvalue weighted by Crippen LogP contribution is 2.35. The van der Waals surface area contributed by atoms with Gasteiger partial charge in [-0.2, -0.15) is 0 Å². The molecular weight excluding hydrogens is 324 g/mol. The molecule has 1 aromatic carbocycles. The Morgan fingerprint density at radius 1 is 1.50 bits per heavy atom. The molecule has 1 aromatic rings. The lowest BCUT2D eigenvalue weighted by atomic mass is 10.1. The van der Waals surface area contributed by atoms with Crippen molar-refractivity contribution < 1.29 is 14.6 Å². The maximum atomic E-state index is 11.8. The molecule has 0 radical (unpaired) electrons. The molecule has 1 fully saturated rings. The van der Waals surface area contributed by atoms with E-state index < -0.39 is 0 Å². The van der Waals surface area contributed by atoms with Crippen LogP contribution in [0, 0.1) is 0 Å². The molecule has 0 aliphatic carbocycles. The summed E-state index contributed by atoms with van der Waals surface area (Å²) < 4.78 is 5.69. The average molecular weight is 343 g/mol. The van der Waals surface area contributed by atoms with Gasteiger partial charge in [0, 0.05) is 13.1 Å². The van der Waals surface area contributed by atoms with E-state index in [1.165, 1.54) is 7.11 Å². The number of hydrogen-bond acceptors (Lipinski definition) is 4. The minimum absolute atomic E-state index is 0.0623. The van der Waals surface area contributed by atoms with Crippen LogP contribution in [0.1, 0.15) is 24.8 Å². The zero-order valence-corrected chi connectivity index (χ0v) is 13.0. The van der Waals surface area contributed by atoms with E-state index in [9.17, 15) is 9.90 Å². The summed E-state index contributed by atoms with van der Waals surface area (Å²) in [7, 11) is 1.51. The Labute approximate surface area is 126 Å². The second kappa shape index (κ2) is 6.95. The molecule has 0 saturated carbocycles. The Hall–Kier alpha value is -1.27. The topological polar surface area (TPSA) is 70.6 Å². The van der Waals surface area contributed by atoms with Crippen LogP contribution >= 0.6 is 15.9 Å². The highest BCUT2D eigenvalue weighted by atomic mass is 79.9. The van der Waals surface area contributed by atoms with Crippen LogP contribution in [0.4, 0.5) is 0 Å². The van der Waals surface area contributed by atoms with E-state index in [0.717, 1.165) is 31.4 Å². The molecule has 110 valence electrons. The number of ether oxygens (including phenoxy) is 1. The van der Waals surface area contributed by atoms with Crippen molar-refractivity contribution in [2.45, 2.75) is 31.8 Å². The lowest BCUT2D eigenvalue weighted by Gasteiger charge is -2.16. The van der Waals surface area contributed by atoms with Crippen molar-refractivity contribution >= 4 is 21.8 Å². The molecule has 1 unspecified atom stereocenters. The quantitative estimate of drug-likeness (QED) is 0.781. The molecule has 1 saturated heterocycles. The number of carbonyl (C=O) groups excluding carboxylic acids is 1. The number of phenolic OH excluding ortho intramolecular Hbond substituents is 1. The van der Waals surface area contributed by atoms with E-state index in [0.29, 0.717) is 16.8 Å². The molecular formula is C14H19BrN2O3. The molecule has 1 heterocycles. The molecule has 0 aromatic heterocycles. The summed E-state index contributed by atoms with van der Waals surface area (Å²) in [5, 5.41) is 15.9. The summed E-state index contributed by atoms with van der Waals surface area (Å²) in [5.41, 5.74) is 0.948. The summed E-state index contributed by atoms with van der Waals surface area (Å²) in [6, 6.07) is 3.43. The van der Waals surface area contributed by atoms with Gasteiger partial charge in [-0.05, 0) is 52.9 Å². The molecule has 3 N–H and O–H groups in total. The highest BCUT2D eigenvalue weighted by Gasteiger charge is 2.20. The van der Waals surface area contributed by atoms with Gasteiger partial charge in [-0.3, -0.25) is 4.79 Å². The first kappa shape index (κ1) is 15.1. The van der Waals surface area contributed by atoms with Crippen LogP contribution < -0.4 is 15.4 Å². The van der Waals surface area contributed by atoms with E-state index >= 15 is 0 Å². The van der Waals surface area contributed by atoms with Gasteiger partial charge in [0.2, 0.25) is 5.91 Å². The largest absolute Gasteiger partial charge is 0.503 e. The fraction of sp³-hybridized carbons (Fsp3) is 0.500. The Morgan fingerprint density at radius 2 is 2.30 bits per heavy atom. The number of methoxy groups -OCH3 is 1. The van der Waals surface area contributed by atoms with E-state index in [2.05, 4.69) is 26.6 Å². The number of halogens is 1. The second-order valence-corrected chi connectivity index (χ2v) is 5.70. The van der Waals surface area contributed by atoms with Gasteiger partial charge in [-0.15, -0.1) is 0 Å². The van der Waals surface area contributed by atoms with Gasteiger partial charge in [0.15, 0.2) is 11.5 Å². The number of benzene rings is 1. The number of rotatable bonds is 4. The summed E-state index contributed by atoms with van der Waals surface area (Å²) in [6.45, 7) is 1.31. The monoisotopic (exact) mass is 342 g/mol. The fourth-order valence-electron chi connectivity index (χ4n) is 2.26. The summed E-state index contributed by atoms with van der Waals surface area (Å²) in [4.78, 5) is 11.8. The minimum Gasteiger partial charge on any atom is -0.503 e. The molecule has 20 heavy (non-hydrogen) atoms. The number of nitrogens with one attached hydrogen (secondary N) is 2. The third-order valence-corrected chi connectivity index (χ3v) is 4.00. The minimum atomic E-state index is -0.156. The number of amides is 1. The summed E-state index contributed by atoms with van der Waals surface area (Å²) in [6.07, 6.45) is 2.92. The van der Waals surface area contributed by atoms with Crippen molar-refractivity contribution in [3.63, 3.8) is 0 Å². The van der Waals surface area contributed by atoms with Gasteiger partial charge in [0.05, 0.1) is 17.6 Å². The van der Waals surface area contributed by atoms with Crippen molar-refractivity contribution in [2.24, 2.45) is 0 Å². The molecule has 1 amide bonds. The van der Waals surface area contributed by atoms with Gasteiger partial charge in [-0.25, -0.2) is 0 Å². The number of carbonyl (C=O) groups is 1. The number of hydrogen-bond donors (Lipinski definition) is 3. The fourth-order valence-corrected chi connectivity index (χ4v) is 2.75. The van der Waals surface area contributed by atoms with Crippen molar-refractivity contribution in [2.75, 3.05) is 13.7 Å².